The minimum atomic E-state index is -1.49. The maximum atomic E-state index is 13.4. The first kappa shape index (κ1) is 29.1. The maximum Gasteiger partial charge on any atom is 0.253 e. The summed E-state index contributed by atoms with van der Waals surface area (Å²) >= 11 is 12.2. The molecule has 1 heterocycles. The van der Waals surface area contributed by atoms with Crippen molar-refractivity contribution in [3.8, 4) is 0 Å². The van der Waals surface area contributed by atoms with Gasteiger partial charge in [-0.1, -0.05) is 67.2 Å². The van der Waals surface area contributed by atoms with Crippen LogP contribution < -0.4 is 4.72 Å². The van der Waals surface area contributed by atoms with E-state index in [0.717, 1.165) is 56.0 Å². The Kier molecular flexibility index (Phi) is 10.8. The first-order chi connectivity index (χ1) is 19.0. The third-order valence-corrected chi connectivity index (χ3v) is 8.47. The monoisotopic (exact) mass is 581 g/mol. The number of pyridine rings is 1. The van der Waals surface area contributed by atoms with Crippen LogP contribution in [-0.2, 0) is 17.4 Å². The van der Waals surface area contributed by atoms with Crippen LogP contribution in [0.4, 0.5) is 5.69 Å². The van der Waals surface area contributed by atoms with Gasteiger partial charge in [0.2, 0.25) is 0 Å². The predicted molar refractivity (Wildman–Crippen MR) is 163 cm³/mol. The Balaban J connectivity index is 1.37. The number of carbonyl (C=O) groups excluding carboxylic acids is 1. The average molecular weight is 583 g/mol. The number of nitrogens with one attached hydrogen (secondary N) is 1. The Labute approximate surface area is 243 Å². The van der Waals surface area contributed by atoms with E-state index in [4.69, 9.17) is 23.2 Å². The van der Waals surface area contributed by atoms with Crippen molar-refractivity contribution in [2.24, 2.45) is 0 Å². The molecule has 4 rings (SSSR count). The van der Waals surface area contributed by atoms with E-state index < -0.39 is 11.0 Å². The highest BCUT2D eigenvalue weighted by Gasteiger charge is 2.16. The summed E-state index contributed by atoms with van der Waals surface area (Å²) in [5, 5.41) is 2.07. The first-order valence-electron chi connectivity index (χ1n) is 13.3. The standard InChI is InChI=1S/C31H33Cl2N3O2S/c1-2-3-5-20-36(21-6-4-9-23-13-18-27(32)28(33)22-23)31(37)25-14-16-26(17-15-25)35-39(38)29-12-7-10-24-11-8-19-34-30(24)29/h7-8,10-19,22,35H,2-6,9,20-21H2,1H3. The van der Waals surface area contributed by atoms with Gasteiger partial charge in [0.1, 0.15) is 0 Å². The van der Waals surface area contributed by atoms with Crippen molar-refractivity contribution in [1.82, 2.24) is 9.88 Å². The molecule has 5 nitrogen and oxygen atoms in total. The van der Waals surface area contributed by atoms with Gasteiger partial charge in [0, 0.05) is 35.9 Å². The summed E-state index contributed by atoms with van der Waals surface area (Å²) in [6.45, 7) is 3.59. The molecular weight excluding hydrogens is 549 g/mol. The number of benzene rings is 3. The molecule has 0 bridgehead atoms. The Hall–Kier alpha value is -2.93. The van der Waals surface area contributed by atoms with Crippen LogP contribution in [0.5, 0.6) is 0 Å². The summed E-state index contributed by atoms with van der Waals surface area (Å²) in [6.07, 6.45) is 7.60. The molecule has 0 aliphatic rings. The van der Waals surface area contributed by atoms with Crippen molar-refractivity contribution >= 4 is 56.7 Å². The highest BCUT2D eigenvalue weighted by molar-refractivity contribution is 7.86. The number of aryl methyl sites for hydroxylation is 1. The van der Waals surface area contributed by atoms with Gasteiger partial charge in [-0.15, -0.1) is 0 Å². The summed E-state index contributed by atoms with van der Waals surface area (Å²) in [4.78, 5) is 20.4. The smallest absolute Gasteiger partial charge is 0.253 e. The lowest BCUT2D eigenvalue weighted by Crippen LogP contribution is -2.33. The van der Waals surface area contributed by atoms with Crippen molar-refractivity contribution in [3.63, 3.8) is 0 Å². The Bertz CT molecular complexity index is 1420. The van der Waals surface area contributed by atoms with Crippen LogP contribution in [-0.4, -0.2) is 33.1 Å². The third kappa shape index (κ3) is 8.04. The summed E-state index contributed by atoms with van der Waals surface area (Å²) < 4.78 is 16.1. The number of anilines is 1. The molecule has 4 aromatic rings. The molecule has 1 atom stereocenters. The van der Waals surface area contributed by atoms with Crippen molar-refractivity contribution in [3.05, 3.63) is 100 Å². The number of amides is 1. The van der Waals surface area contributed by atoms with Crippen LogP contribution in [0.15, 0.2) is 83.9 Å². The molecule has 204 valence electrons. The lowest BCUT2D eigenvalue weighted by molar-refractivity contribution is 0.0750. The molecule has 0 saturated heterocycles. The zero-order valence-electron chi connectivity index (χ0n) is 22.0. The van der Waals surface area contributed by atoms with E-state index in [9.17, 15) is 9.00 Å². The molecular formula is C31H33Cl2N3O2S. The molecule has 1 unspecified atom stereocenters. The Morgan fingerprint density at radius 2 is 1.64 bits per heavy atom. The largest absolute Gasteiger partial charge is 0.339 e. The minimum Gasteiger partial charge on any atom is -0.339 e. The lowest BCUT2D eigenvalue weighted by atomic mass is 10.1. The molecule has 0 aliphatic carbocycles. The maximum absolute atomic E-state index is 13.4. The molecule has 39 heavy (non-hydrogen) atoms. The number of nitrogens with zero attached hydrogens (tertiary/aromatic N) is 2. The van der Waals surface area contributed by atoms with E-state index in [-0.39, 0.29) is 5.91 Å². The second-order valence-electron chi connectivity index (χ2n) is 9.48. The van der Waals surface area contributed by atoms with Crippen molar-refractivity contribution in [2.75, 3.05) is 17.8 Å². The van der Waals surface area contributed by atoms with Crippen LogP contribution in [0.25, 0.3) is 10.9 Å². The van der Waals surface area contributed by atoms with Crippen LogP contribution in [0.1, 0.15) is 54.9 Å². The fourth-order valence-corrected chi connectivity index (χ4v) is 5.77. The molecule has 0 saturated carbocycles. The average Bonchev–Trinajstić information content (AvgIpc) is 2.96. The Morgan fingerprint density at radius 3 is 2.38 bits per heavy atom. The number of hydrogen-bond acceptors (Lipinski definition) is 3. The van der Waals surface area contributed by atoms with Crippen LogP contribution in [0.3, 0.4) is 0 Å². The Morgan fingerprint density at radius 1 is 0.897 bits per heavy atom. The number of unbranched alkanes of at least 4 members (excludes halogenated alkanes) is 3. The van der Waals surface area contributed by atoms with Gasteiger partial charge in [0.25, 0.3) is 5.91 Å². The molecule has 1 N–H and O–H groups in total. The second kappa shape index (κ2) is 14.5. The quantitative estimate of drug-likeness (QED) is 0.161. The molecule has 1 amide bonds. The van der Waals surface area contributed by atoms with E-state index in [1.807, 2.05) is 53.4 Å². The van der Waals surface area contributed by atoms with E-state index in [0.29, 0.717) is 38.3 Å². The normalized spacial score (nSPS) is 11.9. The number of para-hydroxylation sites is 1. The first-order valence-corrected chi connectivity index (χ1v) is 15.2. The fourth-order valence-electron chi connectivity index (χ4n) is 4.45. The summed E-state index contributed by atoms with van der Waals surface area (Å²) in [5.41, 5.74) is 3.16. The van der Waals surface area contributed by atoms with Gasteiger partial charge in [-0.3, -0.25) is 9.78 Å². The SMILES string of the molecule is CCCCCN(CCCCc1ccc(Cl)c(Cl)c1)C(=O)c1ccc(NS(=O)c2cccc3cccnc23)cc1. The van der Waals surface area contributed by atoms with Gasteiger partial charge in [-0.2, -0.15) is 0 Å². The molecule has 0 spiro atoms. The highest BCUT2D eigenvalue weighted by atomic mass is 35.5. The van der Waals surface area contributed by atoms with Crippen molar-refractivity contribution < 1.29 is 9.00 Å². The van der Waals surface area contributed by atoms with Gasteiger partial charge in [0.15, 0.2) is 11.0 Å². The molecule has 0 radical (unpaired) electrons. The number of hydrogen-bond donors (Lipinski definition) is 1. The molecule has 0 aliphatic heterocycles. The van der Waals surface area contributed by atoms with Gasteiger partial charge in [-0.25, -0.2) is 4.21 Å². The van der Waals surface area contributed by atoms with Gasteiger partial charge < -0.3 is 9.62 Å². The molecule has 8 heteroatoms. The zero-order valence-corrected chi connectivity index (χ0v) is 24.4. The number of fused-ring (bicyclic) bond motifs is 1. The van der Waals surface area contributed by atoms with Crippen molar-refractivity contribution in [2.45, 2.75) is 50.3 Å². The van der Waals surface area contributed by atoms with E-state index in [1.54, 1.807) is 30.5 Å². The number of halogens is 2. The number of rotatable bonds is 13. The van der Waals surface area contributed by atoms with Crippen LogP contribution >= 0.6 is 23.2 Å². The van der Waals surface area contributed by atoms with Gasteiger partial charge in [0.05, 0.1) is 20.5 Å². The van der Waals surface area contributed by atoms with Crippen LogP contribution in [0.2, 0.25) is 10.0 Å². The number of aromatic nitrogens is 1. The number of carbonyl (C=O) groups is 1. The fraction of sp³-hybridized carbons (Fsp3) is 0.290. The van der Waals surface area contributed by atoms with E-state index in [2.05, 4.69) is 16.6 Å². The topological polar surface area (TPSA) is 62.3 Å². The van der Waals surface area contributed by atoms with Gasteiger partial charge >= 0.3 is 0 Å². The molecule has 1 aromatic heterocycles. The zero-order chi connectivity index (χ0) is 27.6. The second-order valence-corrected chi connectivity index (χ2v) is 11.5. The third-order valence-electron chi connectivity index (χ3n) is 6.58. The summed E-state index contributed by atoms with van der Waals surface area (Å²) in [5.74, 6) is 0.0200. The predicted octanol–water partition coefficient (Wildman–Crippen LogP) is 8.33. The van der Waals surface area contributed by atoms with Crippen molar-refractivity contribution in [1.29, 1.82) is 0 Å². The van der Waals surface area contributed by atoms with Gasteiger partial charge in [-0.05, 0) is 79.8 Å². The summed E-state index contributed by atoms with van der Waals surface area (Å²) in [6, 6.07) is 22.4. The van der Waals surface area contributed by atoms with E-state index >= 15 is 0 Å². The minimum absolute atomic E-state index is 0.0200. The van der Waals surface area contributed by atoms with Crippen LogP contribution in [0, 0.1) is 0 Å². The molecule has 3 aromatic carbocycles. The van der Waals surface area contributed by atoms with E-state index in [1.165, 1.54) is 0 Å². The molecule has 0 fully saturated rings. The summed E-state index contributed by atoms with van der Waals surface area (Å²) in [7, 11) is -1.49. The lowest BCUT2D eigenvalue weighted by Gasteiger charge is -2.23. The highest BCUT2D eigenvalue weighted by Crippen LogP contribution is 2.24.